The van der Waals surface area contributed by atoms with Crippen LogP contribution in [0.25, 0.3) is 0 Å². The van der Waals surface area contributed by atoms with Crippen molar-refractivity contribution in [2.24, 2.45) is 0 Å². The Morgan fingerprint density at radius 1 is 1.18 bits per heavy atom. The van der Waals surface area contributed by atoms with Gasteiger partial charge in [0, 0.05) is 18.0 Å². The van der Waals surface area contributed by atoms with Gasteiger partial charge in [-0.2, -0.15) is 0 Å². The highest BCUT2D eigenvalue weighted by molar-refractivity contribution is 5.89. The van der Waals surface area contributed by atoms with E-state index in [-0.39, 0.29) is 12.1 Å². The Kier molecular flexibility index (Phi) is 4.09. The summed E-state index contributed by atoms with van der Waals surface area (Å²) in [5.74, 6) is 1.33. The number of urea groups is 1. The van der Waals surface area contributed by atoms with Crippen LogP contribution in [0.3, 0.4) is 0 Å². The van der Waals surface area contributed by atoms with Crippen LogP contribution in [0, 0.1) is 0 Å². The quantitative estimate of drug-likeness (QED) is 0.914. The van der Waals surface area contributed by atoms with Gasteiger partial charge in [-0.25, -0.2) is 4.79 Å². The fourth-order valence-corrected chi connectivity index (χ4v) is 2.19. The number of ether oxygens (including phenoxy) is 2. The number of hydrogen-bond acceptors (Lipinski definition) is 4. The molecule has 0 saturated carbocycles. The van der Waals surface area contributed by atoms with Gasteiger partial charge >= 0.3 is 6.03 Å². The minimum atomic E-state index is -0.296. The Morgan fingerprint density at radius 3 is 2.77 bits per heavy atom. The van der Waals surface area contributed by atoms with Crippen LogP contribution < -0.4 is 20.1 Å². The average molecular weight is 299 g/mol. The van der Waals surface area contributed by atoms with E-state index in [4.69, 9.17) is 9.47 Å². The molecule has 2 aromatic rings. The molecule has 0 saturated heterocycles. The van der Waals surface area contributed by atoms with Gasteiger partial charge < -0.3 is 20.1 Å². The van der Waals surface area contributed by atoms with Crippen molar-refractivity contribution >= 4 is 11.7 Å². The van der Waals surface area contributed by atoms with Gasteiger partial charge in [0.1, 0.15) is 13.2 Å². The van der Waals surface area contributed by atoms with Gasteiger partial charge in [0.25, 0.3) is 0 Å². The van der Waals surface area contributed by atoms with Gasteiger partial charge in [-0.1, -0.05) is 6.07 Å². The minimum Gasteiger partial charge on any atom is -0.486 e. The number of carbonyl (C=O) groups excluding carboxylic acids is 1. The van der Waals surface area contributed by atoms with Crippen LogP contribution in [0.5, 0.6) is 11.5 Å². The van der Waals surface area contributed by atoms with Gasteiger partial charge in [-0.3, -0.25) is 4.98 Å². The third-order valence-corrected chi connectivity index (χ3v) is 3.28. The normalized spacial score (nSPS) is 14.0. The largest absolute Gasteiger partial charge is 0.486 e. The predicted octanol–water partition coefficient (Wildman–Crippen LogP) is 2.74. The van der Waals surface area contributed by atoms with E-state index in [2.05, 4.69) is 15.6 Å². The molecular weight excluding hydrogens is 282 g/mol. The van der Waals surface area contributed by atoms with Crippen LogP contribution in [0.1, 0.15) is 18.7 Å². The fraction of sp³-hybridized carbons (Fsp3) is 0.250. The summed E-state index contributed by atoms with van der Waals surface area (Å²) in [6, 6.07) is 10.4. The van der Waals surface area contributed by atoms with Crippen molar-refractivity contribution in [1.29, 1.82) is 0 Å². The predicted molar refractivity (Wildman–Crippen MR) is 82.2 cm³/mol. The highest BCUT2D eigenvalue weighted by atomic mass is 16.6. The number of hydrogen-bond donors (Lipinski definition) is 2. The molecule has 1 aromatic heterocycles. The number of aromatic nitrogens is 1. The van der Waals surface area contributed by atoms with Crippen molar-refractivity contribution in [2.75, 3.05) is 18.5 Å². The summed E-state index contributed by atoms with van der Waals surface area (Å²) in [7, 11) is 0. The molecule has 1 aliphatic heterocycles. The second-order valence-electron chi connectivity index (χ2n) is 4.93. The van der Waals surface area contributed by atoms with E-state index in [0.717, 1.165) is 5.69 Å². The maximum atomic E-state index is 12.0. The second-order valence-corrected chi connectivity index (χ2v) is 4.93. The summed E-state index contributed by atoms with van der Waals surface area (Å²) in [4.78, 5) is 16.3. The molecule has 2 amide bonds. The Hall–Kier alpha value is -2.76. The number of carbonyl (C=O) groups is 1. The van der Waals surface area contributed by atoms with E-state index in [9.17, 15) is 4.79 Å². The zero-order valence-electron chi connectivity index (χ0n) is 12.2. The Balaban J connectivity index is 1.62. The third-order valence-electron chi connectivity index (χ3n) is 3.28. The lowest BCUT2D eigenvalue weighted by atomic mass is 10.2. The van der Waals surface area contributed by atoms with Gasteiger partial charge in [-0.05, 0) is 31.2 Å². The molecule has 2 heterocycles. The molecule has 6 heteroatoms. The van der Waals surface area contributed by atoms with Crippen LogP contribution in [-0.2, 0) is 0 Å². The molecule has 0 fully saturated rings. The first-order chi connectivity index (χ1) is 10.7. The van der Waals surface area contributed by atoms with Crippen molar-refractivity contribution in [3.63, 3.8) is 0 Å². The lowest BCUT2D eigenvalue weighted by molar-refractivity contribution is 0.171. The minimum absolute atomic E-state index is 0.182. The van der Waals surface area contributed by atoms with E-state index in [1.165, 1.54) is 0 Å². The number of fused-ring (bicyclic) bond motifs is 1. The topological polar surface area (TPSA) is 72.5 Å². The summed E-state index contributed by atoms with van der Waals surface area (Å²) in [5, 5.41) is 5.62. The monoisotopic (exact) mass is 299 g/mol. The molecule has 0 unspecified atom stereocenters. The van der Waals surface area contributed by atoms with Crippen molar-refractivity contribution in [3.8, 4) is 11.5 Å². The molecule has 0 aliphatic carbocycles. The lowest BCUT2D eigenvalue weighted by Crippen LogP contribution is -2.31. The molecule has 0 radical (unpaired) electrons. The van der Waals surface area contributed by atoms with E-state index < -0.39 is 0 Å². The zero-order chi connectivity index (χ0) is 15.4. The highest BCUT2D eigenvalue weighted by Crippen LogP contribution is 2.32. The summed E-state index contributed by atoms with van der Waals surface area (Å²) in [5.41, 5.74) is 1.45. The molecule has 0 spiro atoms. The molecule has 3 rings (SSSR count). The third kappa shape index (κ3) is 3.28. The van der Waals surface area contributed by atoms with Crippen LogP contribution in [-0.4, -0.2) is 24.2 Å². The first-order valence-electron chi connectivity index (χ1n) is 7.10. The van der Waals surface area contributed by atoms with Gasteiger partial charge in [-0.15, -0.1) is 0 Å². The van der Waals surface area contributed by atoms with Crippen molar-refractivity contribution < 1.29 is 14.3 Å². The number of pyridine rings is 1. The number of amides is 2. The number of rotatable bonds is 3. The fourth-order valence-electron chi connectivity index (χ4n) is 2.19. The number of anilines is 1. The maximum Gasteiger partial charge on any atom is 0.319 e. The molecule has 2 N–H and O–H groups in total. The number of benzene rings is 1. The molecule has 22 heavy (non-hydrogen) atoms. The SMILES string of the molecule is C[C@H](NC(=O)Nc1ccc2c(c1)OCCO2)c1ccccn1. The Morgan fingerprint density at radius 2 is 2.00 bits per heavy atom. The van der Waals surface area contributed by atoms with Crippen LogP contribution in [0.15, 0.2) is 42.6 Å². The lowest BCUT2D eigenvalue weighted by Gasteiger charge is -2.19. The molecule has 1 aliphatic rings. The van der Waals surface area contributed by atoms with E-state index in [0.29, 0.717) is 30.4 Å². The molecular formula is C16H17N3O3. The molecule has 0 bridgehead atoms. The van der Waals surface area contributed by atoms with Gasteiger partial charge in [0.15, 0.2) is 11.5 Å². The van der Waals surface area contributed by atoms with E-state index in [1.54, 1.807) is 24.4 Å². The van der Waals surface area contributed by atoms with E-state index in [1.807, 2.05) is 25.1 Å². The molecule has 6 nitrogen and oxygen atoms in total. The van der Waals surface area contributed by atoms with E-state index >= 15 is 0 Å². The molecule has 1 aromatic carbocycles. The van der Waals surface area contributed by atoms with Gasteiger partial charge in [0.2, 0.25) is 0 Å². The highest BCUT2D eigenvalue weighted by Gasteiger charge is 2.14. The van der Waals surface area contributed by atoms with Crippen molar-refractivity contribution in [3.05, 3.63) is 48.3 Å². The molecule has 114 valence electrons. The summed E-state index contributed by atoms with van der Waals surface area (Å²) in [6.07, 6.45) is 1.70. The summed E-state index contributed by atoms with van der Waals surface area (Å²) in [6.45, 7) is 2.94. The standard InChI is InChI=1S/C16H17N3O3/c1-11(13-4-2-3-7-17-13)18-16(20)19-12-5-6-14-15(10-12)22-9-8-21-14/h2-7,10-11H,8-9H2,1H3,(H2,18,19,20)/t11-/m0/s1. The van der Waals surface area contributed by atoms with Crippen LogP contribution in [0.2, 0.25) is 0 Å². The summed E-state index contributed by atoms with van der Waals surface area (Å²) >= 11 is 0. The maximum absolute atomic E-state index is 12.0. The zero-order valence-corrected chi connectivity index (χ0v) is 12.2. The Labute approximate surface area is 128 Å². The second kappa shape index (κ2) is 6.34. The number of nitrogens with one attached hydrogen (secondary N) is 2. The number of nitrogens with zero attached hydrogens (tertiary/aromatic N) is 1. The summed E-state index contributed by atoms with van der Waals surface area (Å²) < 4.78 is 10.9. The smallest absolute Gasteiger partial charge is 0.319 e. The Bertz CT molecular complexity index is 661. The van der Waals surface area contributed by atoms with Crippen LogP contribution >= 0.6 is 0 Å². The van der Waals surface area contributed by atoms with Crippen molar-refractivity contribution in [2.45, 2.75) is 13.0 Å². The average Bonchev–Trinajstić information content (AvgIpc) is 2.55. The van der Waals surface area contributed by atoms with Gasteiger partial charge in [0.05, 0.1) is 11.7 Å². The van der Waals surface area contributed by atoms with Crippen LogP contribution in [0.4, 0.5) is 10.5 Å². The first kappa shape index (κ1) is 14.2. The molecule has 1 atom stereocenters. The van der Waals surface area contributed by atoms with Crippen molar-refractivity contribution in [1.82, 2.24) is 10.3 Å². The first-order valence-corrected chi connectivity index (χ1v) is 7.10.